The number of hydrogen-bond donors (Lipinski definition) is 3. The second-order valence-electron chi connectivity index (χ2n) is 9.85. The number of benzene rings is 2. The number of nitrogens with two attached hydrogens (primary N) is 1. The van der Waals surface area contributed by atoms with Gasteiger partial charge in [-0.1, -0.05) is 86.3 Å². The van der Waals surface area contributed by atoms with Crippen molar-refractivity contribution in [2.24, 2.45) is 11.7 Å². The van der Waals surface area contributed by atoms with Gasteiger partial charge in [0.25, 0.3) is 0 Å². The van der Waals surface area contributed by atoms with E-state index < -0.39 is 5.41 Å². The molecule has 0 bridgehead atoms. The molecule has 1 fully saturated rings. The number of likely N-dealkylation sites (tertiary alicyclic amines) is 1. The number of primary amides is 1. The summed E-state index contributed by atoms with van der Waals surface area (Å²) in [4.78, 5) is 15.7. The molecule has 2 aromatic rings. The Labute approximate surface area is 205 Å². The van der Waals surface area contributed by atoms with Crippen LogP contribution in [0.4, 0.5) is 0 Å². The first-order valence-corrected chi connectivity index (χ1v) is 13.1. The zero-order chi connectivity index (χ0) is 24.2. The second-order valence-corrected chi connectivity index (χ2v) is 9.85. The van der Waals surface area contributed by atoms with E-state index >= 15 is 0 Å². The lowest BCUT2D eigenvalue weighted by Gasteiger charge is -2.37. The lowest BCUT2D eigenvalue weighted by molar-refractivity contribution is -0.123. The lowest BCUT2D eigenvalue weighted by Crippen LogP contribution is -2.49. The van der Waals surface area contributed by atoms with Gasteiger partial charge in [0.2, 0.25) is 5.91 Å². The van der Waals surface area contributed by atoms with Crippen molar-refractivity contribution in [3.63, 3.8) is 0 Å². The Morgan fingerprint density at radius 2 is 1.56 bits per heavy atom. The molecule has 1 heterocycles. The maximum Gasteiger partial charge on any atom is 0.232 e. The molecule has 1 aliphatic heterocycles. The van der Waals surface area contributed by atoms with Crippen molar-refractivity contribution in [2.45, 2.75) is 63.3 Å². The molecule has 0 aliphatic carbocycles. The first-order valence-electron chi connectivity index (χ1n) is 13.1. The minimum absolute atomic E-state index is 0.170. The van der Waals surface area contributed by atoms with E-state index in [-0.39, 0.29) is 24.5 Å². The fourth-order valence-electron chi connectivity index (χ4n) is 5.50. The van der Waals surface area contributed by atoms with Crippen LogP contribution in [0.5, 0.6) is 0 Å². The molecule has 0 spiro atoms. The molecule has 5 heteroatoms. The van der Waals surface area contributed by atoms with Crippen molar-refractivity contribution in [1.82, 2.24) is 10.2 Å². The summed E-state index contributed by atoms with van der Waals surface area (Å²) in [6.07, 6.45) is 8.38. The van der Waals surface area contributed by atoms with E-state index in [0.29, 0.717) is 0 Å². The zero-order valence-corrected chi connectivity index (χ0v) is 20.8. The quantitative estimate of drug-likeness (QED) is 0.346. The van der Waals surface area contributed by atoms with Crippen LogP contribution in [-0.4, -0.2) is 54.7 Å². The molecule has 1 amide bonds. The van der Waals surface area contributed by atoms with Crippen LogP contribution >= 0.6 is 0 Å². The summed E-state index contributed by atoms with van der Waals surface area (Å²) < 4.78 is 0. The number of nitrogens with zero attached hydrogens (tertiary/aromatic N) is 1. The summed E-state index contributed by atoms with van der Waals surface area (Å²) in [6, 6.07) is 20.4. The number of hydrogen-bond acceptors (Lipinski definition) is 4. The summed E-state index contributed by atoms with van der Waals surface area (Å²) in [5.74, 6) is -0.0803. The zero-order valence-electron chi connectivity index (χ0n) is 20.8. The van der Waals surface area contributed by atoms with Crippen LogP contribution in [0.15, 0.2) is 60.7 Å². The first kappa shape index (κ1) is 26.4. The molecular weight excluding hydrogens is 422 g/mol. The van der Waals surface area contributed by atoms with Gasteiger partial charge >= 0.3 is 0 Å². The van der Waals surface area contributed by atoms with Gasteiger partial charge in [-0.3, -0.25) is 4.79 Å². The SMILES string of the molecule is C[C@H](CO)NCCCCCCCCN1CC[C@H](C(C(N)=O)(c2ccccc2)c2ccccc2)C1. The molecule has 1 saturated heterocycles. The van der Waals surface area contributed by atoms with E-state index in [1.54, 1.807) is 0 Å². The van der Waals surface area contributed by atoms with E-state index in [1.807, 2.05) is 43.3 Å². The Kier molecular flexibility index (Phi) is 10.6. The molecule has 0 aromatic heterocycles. The fraction of sp³-hybridized carbons (Fsp3) is 0.552. The number of nitrogens with one attached hydrogen (secondary N) is 1. The topological polar surface area (TPSA) is 78.6 Å². The van der Waals surface area contributed by atoms with Crippen LogP contribution in [0, 0.1) is 5.92 Å². The number of rotatable bonds is 15. The molecule has 0 radical (unpaired) electrons. The minimum Gasteiger partial charge on any atom is -0.395 e. The molecule has 1 aliphatic rings. The summed E-state index contributed by atoms with van der Waals surface area (Å²) in [7, 11) is 0. The van der Waals surface area contributed by atoms with E-state index in [2.05, 4.69) is 34.5 Å². The third-order valence-electron chi connectivity index (χ3n) is 7.40. The number of aliphatic hydroxyl groups excluding tert-OH is 1. The number of aliphatic hydroxyl groups is 1. The summed E-state index contributed by atoms with van der Waals surface area (Å²) >= 11 is 0. The number of carbonyl (C=O) groups excluding carboxylic acids is 1. The third-order valence-corrected chi connectivity index (χ3v) is 7.40. The standard InChI is InChI=1S/C29H43N3O2/c1-24(23-33)31-19-12-4-2-3-5-13-20-32-21-18-27(22-32)29(28(30)34,25-14-8-6-9-15-25)26-16-10-7-11-17-26/h6-11,14-17,24,27,31,33H,2-5,12-13,18-23H2,1H3,(H2,30,34)/t24-,27+/m1/s1. The Morgan fingerprint density at radius 1 is 1.00 bits per heavy atom. The van der Waals surface area contributed by atoms with Crippen LogP contribution in [0.1, 0.15) is 63.0 Å². The summed E-state index contributed by atoms with van der Waals surface area (Å²) in [5.41, 5.74) is 7.41. The maximum atomic E-state index is 13.2. The predicted molar refractivity (Wildman–Crippen MR) is 140 cm³/mol. The molecule has 0 saturated carbocycles. The van der Waals surface area contributed by atoms with Crippen LogP contribution in [0.25, 0.3) is 0 Å². The summed E-state index contributed by atoms with van der Waals surface area (Å²) in [6.45, 7) is 6.21. The van der Waals surface area contributed by atoms with E-state index in [0.717, 1.165) is 43.7 Å². The smallest absolute Gasteiger partial charge is 0.232 e. The summed E-state index contributed by atoms with van der Waals surface area (Å²) in [5, 5.41) is 12.4. The van der Waals surface area contributed by atoms with Gasteiger partial charge in [-0.2, -0.15) is 0 Å². The monoisotopic (exact) mass is 465 g/mol. The highest BCUT2D eigenvalue weighted by Gasteiger charge is 2.49. The highest BCUT2D eigenvalue weighted by Crippen LogP contribution is 2.43. The molecule has 0 unspecified atom stereocenters. The molecule has 3 rings (SSSR count). The highest BCUT2D eigenvalue weighted by atomic mass is 16.3. The largest absolute Gasteiger partial charge is 0.395 e. The molecular formula is C29H43N3O2. The normalized spacial score (nSPS) is 17.6. The Bertz CT molecular complexity index is 803. The van der Waals surface area contributed by atoms with E-state index in [9.17, 15) is 4.79 Å². The van der Waals surface area contributed by atoms with Gasteiger partial charge in [-0.05, 0) is 62.9 Å². The highest BCUT2D eigenvalue weighted by molar-refractivity contribution is 5.91. The maximum absolute atomic E-state index is 13.2. The second kappa shape index (κ2) is 13.6. The lowest BCUT2D eigenvalue weighted by atomic mass is 9.64. The molecule has 2 atom stereocenters. The van der Waals surface area contributed by atoms with Crippen LogP contribution in [-0.2, 0) is 10.2 Å². The first-order chi connectivity index (χ1) is 16.6. The molecule has 34 heavy (non-hydrogen) atoms. The van der Waals surface area contributed by atoms with Crippen molar-refractivity contribution in [1.29, 1.82) is 0 Å². The van der Waals surface area contributed by atoms with E-state index in [4.69, 9.17) is 10.8 Å². The van der Waals surface area contributed by atoms with Gasteiger partial charge in [0.1, 0.15) is 5.41 Å². The van der Waals surface area contributed by atoms with Gasteiger partial charge in [0, 0.05) is 12.6 Å². The fourth-order valence-corrected chi connectivity index (χ4v) is 5.50. The van der Waals surface area contributed by atoms with Crippen LogP contribution < -0.4 is 11.1 Å². The number of unbranched alkanes of at least 4 members (excludes halogenated alkanes) is 5. The Hall–Kier alpha value is -2.21. The third kappa shape index (κ3) is 6.68. The van der Waals surface area contributed by atoms with E-state index in [1.165, 1.54) is 38.5 Å². The van der Waals surface area contributed by atoms with Crippen molar-refractivity contribution in [2.75, 3.05) is 32.8 Å². The van der Waals surface area contributed by atoms with Gasteiger partial charge in [0.15, 0.2) is 0 Å². The Balaban J connectivity index is 1.51. The van der Waals surface area contributed by atoms with Gasteiger partial charge in [0.05, 0.1) is 6.61 Å². The molecule has 5 nitrogen and oxygen atoms in total. The van der Waals surface area contributed by atoms with Crippen LogP contribution in [0.3, 0.4) is 0 Å². The Morgan fingerprint density at radius 3 is 2.12 bits per heavy atom. The number of carbonyl (C=O) groups is 1. The molecule has 2 aromatic carbocycles. The average molecular weight is 466 g/mol. The number of amides is 1. The van der Waals surface area contributed by atoms with Crippen molar-refractivity contribution < 1.29 is 9.90 Å². The van der Waals surface area contributed by atoms with Crippen molar-refractivity contribution >= 4 is 5.91 Å². The predicted octanol–water partition coefficient (Wildman–Crippen LogP) is 4.09. The molecule has 4 N–H and O–H groups in total. The minimum atomic E-state index is -0.793. The van der Waals surface area contributed by atoms with Crippen molar-refractivity contribution in [3.05, 3.63) is 71.8 Å². The molecule has 186 valence electrons. The average Bonchev–Trinajstić information content (AvgIpc) is 3.33. The van der Waals surface area contributed by atoms with Crippen LogP contribution in [0.2, 0.25) is 0 Å². The van der Waals surface area contributed by atoms with Gasteiger partial charge in [-0.25, -0.2) is 0 Å². The van der Waals surface area contributed by atoms with Crippen molar-refractivity contribution in [3.8, 4) is 0 Å². The van der Waals surface area contributed by atoms with Gasteiger partial charge < -0.3 is 21.1 Å². The van der Waals surface area contributed by atoms with Gasteiger partial charge in [-0.15, -0.1) is 0 Å².